The summed E-state index contributed by atoms with van der Waals surface area (Å²) in [5, 5.41) is 15.0. The van der Waals surface area contributed by atoms with Crippen LogP contribution in [0.5, 0.6) is 0 Å². The Morgan fingerprint density at radius 2 is 1.91 bits per heavy atom. The fourth-order valence-corrected chi connectivity index (χ4v) is 6.56. The Morgan fingerprint density at radius 1 is 1.16 bits per heavy atom. The Kier molecular flexibility index (Phi) is 9.16. The number of amides is 2. The molecular weight excluding hydrogens is 557 g/mol. The Morgan fingerprint density at radius 3 is 2.61 bits per heavy atom. The number of nitrogens with one attached hydrogen (secondary N) is 1. The van der Waals surface area contributed by atoms with Crippen molar-refractivity contribution in [1.82, 2.24) is 20.1 Å². The lowest BCUT2D eigenvalue weighted by molar-refractivity contribution is -0.131. The normalized spacial score (nSPS) is 17.3. The quantitative estimate of drug-likeness (QED) is 0.389. The highest BCUT2D eigenvalue weighted by molar-refractivity contribution is 5.97. The molecule has 0 saturated carbocycles. The van der Waals surface area contributed by atoms with Gasteiger partial charge in [-0.05, 0) is 57.4 Å². The van der Waals surface area contributed by atoms with Crippen molar-refractivity contribution in [2.24, 2.45) is 0 Å². The van der Waals surface area contributed by atoms with E-state index in [4.69, 9.17) is 4.98 Å². The lowest BCUT2D eigenvalue weighted by Crippen LogP contribution is -2.55. The number of carbonyl (C=O) groups is 2. The number of fused-ring (bicyclic) bond motifs is 2. The molecule has 44 heavy (non-hydrogen) atoms. The highest BCUT2D eigenvalue weighted by Gasteiger charge is 2.34. The fraction of sp³-hybridized carbons (Fsp3) is 0.412. The molecule has 9 nitrogen and oxygen atoms in total. The number of halogens is 1. The molecule has 2 aliphatic heterocycles. The lowest BCUT2D eigenvalue weighted by Gasteiger charge is -2.43. The van der Waals surface area contributed by atoms with Gasteiger partial charge in [0.1, 0.15) is 5.69 Å². The number of nitriles is 1. The number of carbonyl (C=O) groups excluding carboxylic acids is 2. The number of benzene rings is 2. The van der Waals surface area contributed by atoms with Gasteiger partial charge in [0.15, 0.2) is 5.83 Å². The third-order valence-corrected chi connectivity index (χ3v) is 8.48. The van der Waals surface area contributed by atoms with E-state index in [1.807, 2.05) is 32.0 Å². The van der Waals surface area contributed by atoms with Crippen molar-refractivity contribution < 1.29 is 14.0 Å². The predicted octanol–water partition coefficient (Wildman–Crippen LogP) is 4.20. The SMILES string of the molecule is C=C(F)C(=O)N1CCN(c2cc(C(=O)N[C@H](C)CN(C)C)nc3c2CCN(c2cccc4cccc(C)c24)C3)C[C@@H]1CC#N. The summed E-state index contributed by atoms with van der Waals surface area (Å²) in [6, 6.07) is 16.0. The molecule has 2 aliphatic rings. The lowest BCUT2D eigenvalue weighted by atomic mass is 9.97. The molecule has 2 amide bonds. The van der Waals surface area contributed by atoms with Gasteiger partial charge in [0.2, 0.25) is 0 Å². The fourth-order valence-electron chi connectivity index (χ4n) is 6.56. The maximum absolute atomic E-state index is 13.8. The van der Waals surface area contributed by atoms with Gasteiger partial charge < -0.3 is 24.9 Å². The van der Waals surface area contributed by atoms with Crippen molar-refractivity contribution >= 4 is 34.0 Å². The first-order chi connectivity index (χ1) is 21.1. The number of hydrogen-bond acceptors (Lipinski definition) is 7. The van der Waals surface area contributed by atoms with Crippen LogP contribution in [-0.4, -0.2) is 85.5 Å². The number of nitrogens with zero attached hydrogens (tertiary/aromatic N) is 6. The first kappa shape index (κ1) is 31.0. The number of aromatic nitrogens is 1. The summed E-state index contributed by atoms with van der Waals surface area (Å²) in [6.45, 7) is 10.3. The van der Waals surface area contributed by atoms with E-state index >= 15 is 0 Å². The van der Waals surface area contributed by atoms with Gasteiger partial charge in [-0.25, -0.2) is 9.37 Å². The minimum Gasteiger partial charge on any atom is -0.367 e. The molecule has 1 aromatic heterocycles. The van der Waals surface area contributed by atoms with E-state index in [0.717, 1.165) is 29.2 Å². The molecule has 1 fully saturated rings. The predicted molar refractivity (Wildman–Crippen MR) is 171 cm³/mol. The molecule has 1 saturated heterocycles. The van der Waals surface area contributed by atoms with E-state index in [-0.39, 0.29) is 24.9 Å². The molecule has 230 valence electrons. The molecule has 0 spiro atoms. The molecule has 1 N–H and O–H groups in total. The monoisotopic (exact) mass is 597 g/mol. The van der Waals surface area contributed by atoms with E-state index in [1.165, 1.54) is 21.2 Å². The van der Waals surface area contributed by atoms with Crippen LogP contribution >= 0.6 is 0 Å². The van der Waals surface area contributed by atoms with Crippen molar-refractivity contribution in [3.63, 3.8) is 0 Å². The number of aryl methyl sites for hydroxylation is 1. The van der Waals surface area contributed by atoms with E-state index in [1.54, 1.807) is 0 Å². The van der Waals surface area contributed by atoms with Crippen molar-refractivity contribution in [3.05, 3.63) is 77.4 Å². The minimum atomic E-state index is -1.03. The molecule has 2 aromatic carbocycles. The number of hydrogen-bond donors (Lipinski definition) is 1. The van der Waals surface area contributed by atoms with Crippen molar-refractivity contribution in [2.75, 3.05) is 56.6 Å². The summed E-state index contributed by atoms with van der Waals surface area (Å²) in [5.74, 6) is -2.06. The Balaban J connectivity index is 1.52. The third-order valence-electron chi connectivity index (χ3n) is 8.48. The van der Waals surface area contributed by atoms with E-state index in [0.29, 0.717) is 38.3 Å². The topological polar surface area (TPSA) is 95.8 Å². The summed E-state index contributed by atoms with van der Waals surface area (Å²) < 4.78 is 13.8. The van der Waals surface area contributed by atoms with Gasteiger partial charge >= 0.3 is 0 Å². The Labute approximate surface area is 258 Å². The van der Waals surface area contributed by atoms with Crippen LogP contribution in [0.2, 0.25) is 0 Å². The van der Waals surface area contributed by atoms with Crippen LogP contribution in [0.4, 0.5) is 15.8 Å². The van der Waals surface area contributed by atoms with Crippen LogP contribution in [0.3, 0.4) is 0 Å². The molecule has 3 aromatic rings. The van der Waals surface area contributed by atoms with Gasteiger partial charge in [-0.1, -0.05) is 36.9 Å². The summed E-state index contributed by atoms with van der Waals surface area (Å²) in [7, 11) is 3.92. The molecule has 0 bridgehead atoms. The largest absolute Gasteiger partial charge is 0.367 e. The summed E-state index contributed by atoms with van der Waals surface area (Å²) in [5.41, 5.74) is 5.43. The zero-order valence-electron chi connectivity index (χ0n) is 25.9. The molecule has 10 heteroatoms. The Hall–Kier alpha value is -4.49. The van der Waals surface area contributed by atoms with Crippen LogP contribution in [0.25, 0.3) is 10.8 Å². The Bertz CT molecular complexity index is 1630. The first-order valence-corrected chi connectivity index (χ1v) is 15.1. The highest BCUT2D eigenvalue weighted by Crippen LogP contribution is 2.36. The standard InChI is InChI=1S/C34H40FN7O2/c1-22-8-6-9-25-10-7-11-30(32(22)25)40-15-13-27-29(21-40)38-28(33(43)37-23(2)19-39(4)5)18-31(27)41-16-17-42(34(44)24(3)35)26(20-41)12-14-36/h6-11,18,23,26H,3,12-13,15-17,19-21H2,1-2,4-5H3,(H,37,43)/t23-,26+/m1/s1. The molecule has 0 radical (unpaired) electrons. The number of likely N-dealkylation sites (N-methyl/N-ethyl adjacent to an activating group) is 1. The van der Waals surface area contributed by atoms with Crippen molar-refractivity contribution in [1.29, 1.82) is 5.26 Å². The molecular formula is C34H40FN7O2. The van der Waals surface area contributed by atoms with E-state index < -0.39 is 17.8 Å². The van der Waals surface area contributed by atoms with E-state index in [9.17, 15) is 19.2 Å². The van der Waals surface area contributed by atoms with Crippen LogP contribution in [0, 0.1) is 18.3 Å². The zero-order valence-corrected chi connectivity index (χ0v) is 25.9. The molecule has 0 aliphatic carbocycles. The van der Waals surface area contributed by atoms with Crippen molar-refractivity contribution in [2.45, 2.75) is 45.3 Å². The minimum absolute atomic E-state index is 0.0619. The van der Waals surface area contributed by atoms with Gasteiger partial charge in [0.25, 0.3) is 11.8 Å². The summed E-state index contributed by atoms with van der Waals surface area (Å²) in [6.07, 6.45) is 0.772. The van der Waals surface area contributed by atoms with Gasteiger partial charge in [-0.2, -0.15) is 5.26 Å². The molecule has 0 unspecified atom stereocenters. The molecule has 3 heterocycles. The van der Waals surface area contributed by atoms with Gasteiger partial charge in [-0.15, -0.1) is 0 Å². The number of pyridine rings is 1. The average molecular weight is 598 g/mol. The maximum atomic E-state index is 13.8. The van der Waals surface area contributed by atoms with Crippen LogP contribution < -0.4 is 15.1 Å². The molecule has 5 rings (SSSR count). The number of piperazine rings is 1. The van der Waals surface area contributed by atoms with Gasteiger partial charge in [0, 0.05) is 61.1 Å². The number of anilines is 2. The average Bonchev–Trinajstić information content (AvgIpc) is 2.99. The first-order valence-electron chi connectivity index (χ1n) is 15.1. The second-order valence-corrected chi connectivity index (χ2v) is 12.1. The third kappa shape index (κ3) is 6.38. The van der Waals surface area contributed by atoms with Crippen LogP contribution in [-0.2, 0) is 17.8 Å². The highest BCUT2D eigenvalue weighted by atomic mass is 19.1. The van der Waals surface area contributed by atoms with E-state index in [2.05, 4.69) is 71.1 Å². The second kappa shape index (κ2) is 13.0. The number of rotatable bonds is 8. The van der Waals surface area contributed by atoms with Crippen molar-refractivity contribution in [3.8, 4) is 6.07 Å². The summed E-state index contributed by atoms with van der Waals surface area (Å²) in [4.78, 5) is 38.8. The van der Waals surface area contributed by atoms with Crippen LogP contribution in [0.1, 0.15) is 40.7 Å². The van der Waals surface area contributed by atoms with Gasteiger partial charge in [0.05, 0.1) is 30.8 Å². The zero-order chi connectivity index (χ0) is 31.5. The van der Waals surface area contributed by atoms with Gasteiger partial charge in [-0.3, -0.25) is 9.59 Å². The smallest absolute Gasteiger partial charge is 0.282 e. The maximum Gasteiger partial charge on any atom is 0.282 e. The molecule has 2 atom stereocenters. The van der Waals surface area contributed by atoms with Crippen LogP contribution in [0.15, 0.2) is 54.9 Å². The second-order valence-electron chi connectivity index (χ2n) is 12.1. The summed E-state index contributed by atoms with van der Waals surface area (Å²) >= 11 is 0.